The molecule has 0 aliphatic rings. The van der Waals surface area contributed by atoms with E-state index in [1.807, 2.05) is 20.8 Å². The van der Waals surface area contributed by atoms with Crippen LogP contribution in [0, 0.1) is 0 Å². The van der Waals surface area contributed by atoms with Gasteiger partial charge in [-0.15, -0.1) is 11.8 Å². The molecular weight excluding hydrogens is 283 g/mol. The number of benzene rings is 1. The fourth-order valence-corrected chi connectivity index (χ4v) is 2.83. The van der Waals surface area contributed by atoms with Gasteiger partial charge in [-0.05, 0) is 29.9 Å². The fraction of sp³-hybridized carbons (Fsp3) is 0.600. The standard InChI is InChI=1S/C15H22F3NS/c1-4-5-8-20-14-7-6-12(10-19-11(2)3)9-13(14)15(16,17)18/h6-7,9,11,19H,4-5,8,10H2,1-3H3. The van der Waals surface area contributed by atoms with E-state index in [0.717, 1.165) is 18.6 Å². The summed E-state index contributed by atoms with van der Waals surface area (Å²) in [4.78, 5) is 0.333. The first-order valence-electron chi connectivity index (χ1n) is 6.91. The van der Waals surface area contributed by atoms with E-state index in [9.17, 15) is 13.2 Å². The summed E-state index contributed by atoms with van der Waals surface area (Å²) in [5.41, 5.74) is 0.160. The predicted molar refractivity (Wildman–Crippen MR) is 79.1 cm³/mol. The van der Waals surface area contributed by atoms with Gasteiger partial charge in [-0.1, -0.05) is 33.3 Å². The molecule has 0 aliphatic heterocycles. The van der Waals surface area contributed by atoms with Gasteiger partial charge in [-0.25, -0.2) is 0 Å². The number of nitrogens with one attached hydrogen (secondary N) is 1. The first-order valence-corrected chi connectivity index (χ1v) is 7.89. The van der Waals surface area contributed by atoms with Gasteiger partial charge >= 0.3 is 6.18 Å². The molecule has 1 rings (SSSR count). The normalized spacial score (nSPS) is 12.2. The van der Waals surface area contributed by atoms with Crippen LogP contribution in [0.2, 0.25) is 0 Å². The predicted octanol–water partition coefficient (Wildman–Crippen LogP) is 5.10. The SMILES string of the molecule is CCCCSc1ccc(CNC(C)C)cc1C(F)(F)F. The van der Waals surface area contributed by atoms with E-state index in [1.165, 1.54) is 17.8 Å². The molecule has 1 aromatic carbocycles. The average molecular weight is 305 g/mol. The summed E-state index contributed by atoms with van der Waals surface area (Å²) in [7, 11) is 0. The van der Waals surface area contributed by atoms with E-state index in [1.54, 1.807) is 12.1 Å². The van der Waals surface area contributed by atoms with Crippen LogP contribution in [0.25, 0.3) is 0 Å². The molecule has 0 saturated heterocycles. The van der Waals surface area contributed by atoms with E-state index >= 15 is 0 Å². The van der Waals surface area contributed by atoms with Crippen LogP contribution in [-0.2, 0) is 12.7 Å². The molecule has 0 amide bonds. The van der Waals surface area contributed by atoms with E-state index in [2.05, 4.69) is 5.32 Å². The molecule has 0 fully saturated rings. The quantitative estimate of drug-likeness (QED) is 0.556. The van der Waals surface area contributed by atoms with Crippen LogP contribution in [0.1, 0.15) is 44.7 Å². The van der Waals surface area contributed by atoms with E-state index in [-0.39, 0.29) is 6.04 Å². The number of rotatable bonds is 7. The van der Waals surface area contributed by atoms with E-state index in [4.69, 9.17) is 0 Å². The Balaban J connectivity index is 2.89. The van der Waals surface area contributed by atoms with Crippen LogP contribution >= 0.6 is 11.8 Å². The number of unbranched alkanes of at least 4 members (excludes halogenated alkanes) is 1. The molecule has 1 nitrogen and oxygen atoms in total. The lowest BCUT2D eigenvalue weighted by Crippen LogP contribution is -2.22. The molecule has 0 heterocycles. The van der Waals surface area contributed by atoms with E-state index < -0.39 is 11.7 Å². The molecule has 0 spiro atoms. The Labute approximate surface area is 123 Å². The number of thioether (sulfide) groups is 1. The highest BCUT2D eigenvalue weighted by Crippen LogP contribution is 2.37. The second-order valence-corrected chi connectivity index (χ2v) is 6.20. The Bertz CT molecular complexity index is 416. The Kier molecular flexibility index (Phi) is 6.89. The molecule has 0 aromatic heterocycles. The van der Waals surface area contributed by atoms with Crippen molar-refractivity contribution in [2.75, 3.05) is 5.75 Å². The lowest BCUT2D eigenvalue weighted by Gasteiger charge is -2.15. The molecule has 0 radical (unpaired) electrons. The molecular formula is C15H22F3NS. The van der Waals surface area contributed by atoms with Crippen molar-refractivity contribution in [2.24, 2.45) is 0 Å². The summed E-state index contributed by atoms with van der Waals surface area (Å²) in [6, 6.07) is 4.89. The highest BCUT2D eigenvalue weighted by Gasteiger charge is 2.33. The number of halogens is 3. The monoisotopic (exact) mass is 305 g/mol. The maximum Gasteiger partial charge on any atom is 0.417 e. The maximum absolute atomic E-state index is 13.1. The Morgan fingerprint density at radius 1 is 1.25 bits per heavy atom. The smallest absolute Gasteiger partial charge is 0.310 e. The molecule has 5 heteroatoms. The molecule has 1 N–H and O–H groups in total. The summed E-state index contributed by atoms with van der Waals surface area (Å²) in [5.74, 6) is 0.725. The lowest BCUT2D eigenvalue weighted by molar-refractivity contribution is -0.139. The Morgan fingerprint density at radius 2 is 1.95 bits per heavy atom. The van der Waals surface area contributed by atoms with Gasteiger partial charge in [0.15, 0.2) is 0 Å². The van der Waals surface area contributed by atoms with Crippen molar-refractivity contribution in [3.8, 4) is 0 Å². The molecule has 0 atom stereocenters. The summed E-state index contributed by atoms with van der Waals surface area (Å²) < 4.78 is 39.3. The van der Waals surface area contributed by atoms with Crippen molar-refractivity contribution >= 4 is 11.8 Å². The summed E-state index contributed by atoms with van der Waals surface area (Å²) in [5, 5.41) is 3.14. The Morgan fingerprint density at radius 3 is 2.50 bits per heavy atom. The van der Waals surface area contributed by atoms with Gasteiger partial charge < -0.3 is 5.32 Å². The minimum atomic E-state index is -4.29. The zero-order valence-corrected chi connectivity index (χ0v) is 13.0. The Hall–Kier alpha value is -0.680. The third-order valence-corrected chi connectivity index (χ3v) is 3.98. The third-order valence-electron chi connectivity index (χ3n) is 2.82. The van der Waals surface area contributed by atoms with Crippen molar-refractivity contribution in [3.05, 3.63) is 29.3 Å². The van der Waals surface area contributed by atoms with Crippen LogP contribution in [0.5, 0.6) is 0 Å². The minimum absolute atomic E-state index is 0.253. The summed E-state index contributed by atoms with van der Waals surface area (Å²) in [6.45, 7) is 6.44. The van der Waals surface area contributed by atoms with Gasteiger partial charge in [0.2, 0.25) is 0 Å². The molecule has 0 unspecified atom stereocenters. The molecule has 20 heavy (non-hydrogen) atoms. The van der Waals surface area contributed by atoms with Gasteiger partial charge in [0.25, 0.3) is 0 Å². The van der Waals surface area contributed by atoms with Crippen molar-refractivity contribution in [2.45, 2.75) is 57.3 Å². The first kappa shape index (κ1) is 17.4. The summed E-state index contributed by atoms with van der Waals surface area (Å²) >= 11 is 1.29. The molecule has 0 bridgehead atoms. The number of hydrogen-bond acceptors (Lipinski definition) is 2. The molecule has 1 aromatic rings. The van der Waals surface area contributed by atoms with Gasteiger partial charge in [-0.2, -0.15) is 13.2 Å². The van der Waals surface area contributed by atoms with Crippen LogP contribution < -0.4 is 5.32 Å². The minimum Gasteiger partial charge on any atom is -0.310 e. The number of hydrogen-bond donors (Lipinski definition) is 1. The highest BCUT2D eigenvalue weighted by molar-refractivity contribution is 7.99. The molecule has 114 valence electrons. The van der Waals surface area contributed by atoms with Crippen LogP contribution in [0.15, 0.2) is 23.1 Å². The lowest BCUT2D eigenvalue weighted by atomic mass is 10.1. The van der Waals surface area contributed by atoms with Crippen LogP contribution in [0.3, 0.4) is 0 Å². The maximum atomic E-state index is 13.1. The second kappa shape index (κ2) is 7.93. The largest absolute Gasteiger partial charge is 0.417 e. The topological polar surface area (TPSA) is 12.0 Å². The third kappa shape index (κ3) is 5.75. The first-order chi connectivity index (χ1) is 9.34. The summed E-state index contributed by atoms with van der Waals surface area (Å²) in [6.07, 6.45) is -2.37. The van der Waals surface area contributed by atoms with Gasteiger partial charge in [0.05, 0.1) is 5.56 Å². The fourth-order valence-electron chi connectivity index (χ4n) is 1.68. The van der Waals surface area contributed by atoms with Crippen molar-refractivity contribution in [1.82, 2.24) is 5.32 Å². The van der Waals surface area contributed by atoms with Crippen LogP contribution in [-0.4, -0.2) is 11.8 Å². The van der Waals surface area contributed by atoms with Crippen LogP contribution in [0.4, 0.5) is 13.2 Å². The zero-order chi connectivity index (χ0) is 15.2. The van der Waals surface area contributed by atoms with Gasteiger partial charge in [-0.3, -0.25) is 0 Å². The molecule has 0 saturated carbocycles. The van der Waals surface area contributed by atoms with Gasteiger partial charge in [0, 0.05) is 17.5 Å². The van der Waals surface area contributed by atoms with Crippen molar-refractivity contribution < 1.29 is 13.2 Å². The van der Waals surface area contributed by atoms with Crippen molar-refractivity contribution in [3.63, 3.8) is 0 Å². The molecule has 0 aliphatic carbocycles. The van der Waals surface area contributed by atoms with Gasteiger partial charge in [0.1, 0.15) is 0 Å². The van der Waals surface area contributed by atoms with E-state index in [0.29, 0.717) is 17.0 Å². The van der Waals surface area contributed by atoms with Crippen molar-refractivity contribution in [1.29, 1.82) is 0 Å². The highest BCUT2D eigenvalue weighted by atomic mass is 32.2. The zero-order valence-electron chi connectivity index (χ0n) is 12.2. The average Bonchev–Trinajstić information content (AvgIpc) is 2.36. The number of alkyl halides is 3. The second-order valence-electron chi connectivity index (χ2n) is 5.07.